The van der Waals surface area contributed by atoms with Crippen molar-refractivity contribution in [3.8, 4) is 17.1 Å². The minimum absolute atomic E-state index is 0.164. The topological polar surface area (TPSA) is 72.3 Å². The molecule has 1 saturated heterocycles. The molecule has 0 aliphatic carbocycles. The van der Waals surface area contributed by atoms with Crippen LogP contribution < -0.4 is 10.2 Å². The molecule has 7 nitrogen and oxygen atoms in total. The van der Waals surface area contributed by atoms with Crippen LogP contribution in [0.15, 0.2) is 59.8 Å². The average Bonchev–Trinajstić information content (AvgIpc) is 3.27. The van der Waals surface area contributed by atoms with Crippen molar-refractivity contribution in [3.05, 3.63) is 60.2 Å². The van der Waals surface area contributed by atoms with Gasteiger partial charge < -0.3 is 15.1 Å². The fraction of sp³-hybridized carbons (Fsp3) is 0.375. The Morgan fingerprint density at radius 3 is 2.53 bits per heavy atom. The molecule has 1 fully saturated rings. The van der Waals surface area contributed by atoms with Gasteiger partial charge in [-0.25, -0.2) is 4.68 Å². The molecule has 3 aromatic rings. The molecule has 1 N–H and O–H groups in total. The Labute approximate surface area is 192 Å². The zero-order valence-electron chi connectivity index (χ0n) is 18.1. The molecule has 8 heteroatoms. The Hall–Kier alpha value is -3.00. The van der Waals surface area contributed by atoms with Gasteiger partial charge in [0.1, 0.15) is 11.0 Å². The van der Waals surface area contributed by atoms with Crippen LogP contribution in [0.3, 0.4) is 0 Å². The number of benzene rings is 2. The van der Waals surface area contributed by atoms with E-state index in [-0.39, 0.29) is 17.2 Å². The van der Waals surface area contributed by atoms with Gasteiger partial charge in [-0.1, -0.05) is 54.2 Å². The number of thioether (sulfide) groups is 1. The predicted molar refractivity (Wildman–Crippen MR) is 125 cm³/mol. The number of hydrogen-bond donors (Lipinski definition) is 1. The number of ether oxygens (including phenoxy) is 1. The van der Waals surface area contributed by atoms with Gasteiger partial charge in [-0.3, -0.25) is 4.79 Å². The number of carbonyl (C=O) groups excluding carboxylic acids is 1. The van der Waals surface area contributed by atoms with E-state index in [0.717, 1.165) is 48.6 Å². The number of carbonyl (C=O) groups is 1. The smallest absolute Gasteiger partial charge is 0.238 e. The second-order valence-corrected chi connectivity index (χ2v) is 9.15. The number of nitrogens with one attached hydrogen (secondary N) is 1. The van der Waals surface area contributed by atoms with Crippen molar-refractivity contribution < 1.29 is 9.53 Å². The number of piperidine rings is 1. The highest BCUT2D eigenvalue weighted by molar-refractivity contribution is 8.00. The predicted octanol–water partition coefficient (Wildman–Crippen LogP) is 4.12. The fourth-order valence-electron chi connectivity index (χ4n) is 4.30. The molecular formula is C24H27N5O2S. The lowest BCUT2D eigenvalue weighted by Gasteiger charge is -2.37. The minimum atomic E-state index is -0.314. The molecule has 2 aromatic carbocycles. The van der Waals surface area contributed by atoms with Gasteiger partial charge in [-0.2, -0.15) is 0 Å². The van der Waals surface area contributed by atoms with Crippen molar-refractivity contribution in [2.45, 2.75) is 42.6 Å². The van der Waals surface area contributed by atoms with Crippen LogP contribution in [0.25, 0.3) is 11.4 Å². The Morgan fingerprint density at radius 1 is 1.06 bits per heavy atom. The zero-order chi connectivity index (χ0) is 21.9. The number of rotatable bonds is 5. The third kappa shape index (κ3) is 4.07. The SMILES string of the molecule is CCOc1ccc([C@@H]2Nn3c(nnc3-c3ccccc3)S[C@@H]2C(=O)N2CCCCC2)cc1. The lowest BCUT2D eigenvalue weighted by molar-refractivity contribution is -0.131. The number of fused-ring (bicyclic) bond motifs is 1. The van der Waals surface area contributed by atoms with Crippen LogP contribution in [0.2, 0.25) is 0 Å². The van der Waals surface area contributed by atoms with Crippen LogP contribution in [-0.2, 0) is 4.79 Å². The van der Waals surface area contributed by atoms with Gasteiger partial charge in [-0.15, -0.1) is 10.2 Å². The third-order valence-electron chi connectivity index (χ3n) is 5.93. The first kappa shape index (κ1) is 20.9. The van der Waals surface area contributed by atoms with E-state index < -0.39 is 0 Å². The van der Waals surface area contributed by atoms with Crippen LogP contribution in [0.4, 0.5) is 0 Å². The normalized spacial score (nSPS) is 20.3. The summed E-state index contributed by atoms with van der Waals surface area (Å²) >= 11 is 1.50. The quantitative estimate of drug-likeness (QED) is 0.632. The Balaban J connectivity index is 1.50. The summed E-state index contributed by atoms with van der Waals surface area (Å²) in [7, 11) is 0. The van der Waals surface area contributed by atoms with Crippen LogP contribution in [0, 0.1) is 0 Å². The van der Waals surface area contributed by atoms with E-state index in [9.17, 15) is 4.79 Å². The summed E-state index contributed by atoms with van der Waals surface area (Å²) in [5, 5.41) is 9.22. The van der Waals surface area contributed by atoms with Crippen molar-refractivity contribution >= 4 is 17.7 Å². The van der Waals surface area contributed by atoms with Crippen LogP contribution in [0.1, 0.15) is 37.8 Å². The average molecular weight is 450 g/mol. The molecule has 1 aromatic heterocycles. The van der Waals surface area contributed by atoms with Gasteiger partial charge in [0.05, 0.1) is 12.6 Å². The van der Waals surface area contributed by atoms with Crippen molar-refractivity contribution in [2.75, 3.05) is 25.1 Å². The fourth-order valence-corrected chi connectivity index (χ4v) is 5.46. The Morgan fingerprint density at radius 2 is 1.81 bits per heavy atom. The summed E-state index contributed by atoms with van der Waals surface area (Å²) in [4.78, 5) is 15.6. The molecule has 0 spiro atoms. The van der Waals surface area contributed by atoms with Crippen molar-refractivity contribution in [1.29, 1.82) is 0 Å². The highest BCUT2D eigenvalue weighted by atomic mass is 32.2. The van der Waals surface area contributed by atoms with Gasteiger partial charge in [0.25, 0.3) is 0 Å². The zero-order valence-corrected chi connectivity index (χ0v) is 18.9. The molecular weight excluding hydrogens is 422 g/mol. The number of likely N-dealkylation sites (tertiary alicyclic amines) is 1. The van der Waals surface area contributed by atoms with Crippen molar-refractivity contribution in [3.63, 3.8) is 0 Å². The van der Waals surface area contributed by atoms with Gasteiger partial charge in [0, 0.05) is 18.7 Å². The Bertz CT molecular complexity index is 1060. The largest absolute Gasteiger partial charge is 0.494 e. The molecule has 5 rings (SSSR count). The molecule has 0 unspecified atom stereocenters. The second kappa shape index (κ2) is 9.24. The maximum absolute atomic E-state index is 13.6. The first-order valence-electron chi connectivity index (χ1n) is 11.2. The summed E-state index contributed by atoms with van der Waals surface area (Å²) in [5.41, 5.74) is 5.58. The number of aromatic nitrogens is 3. The third-order valence-corrected chi connectivity index (χ3v) is 7.13. The van der Waals surface area contributed by atoms with Gasteiger partial charge in [0.2, 0.25) is 11.1 Å². The molecule has 2 aliphatic heterocycles. The summed E-state index contributed by atoms with van der Waals surface area (Å²) in [6.45, 7) is 4.25. The van der Waals surface area contributed by atoms with E-state index in [0.29, 0.717) is 11.8 Å². The monoisotopic (exact) mass is 449 g/mol. The Kier molecular flexibility index (Phi) is 6.03. The highest BCUT2D eigenvalue weighted by Gasteiger charge is 2.40. The summed E-state index contributed by atoms with van der Waals surface area (Å²) in [5.74, 6) is 1.73. The number of hydrogen-bond acceptors (Lipinski definition) is 6. The van der Waals surface area contributed by atoms with Gasteiger partial charge in [-0.05, 0) is 43.9 Å². The summed E-state index contributed by atoms with van der Waals surface area (Å²) in [6.07, 6.45) is 3.33. The molecule has 0 bridgehead atoms. The van der Waals surface area contributed by atoms with Crippen LogP contribution in [-0.4, -0.2) is 50.6 Å². The molecule has 0 saturated carbocycles. The van der Waals surface area contributed by atoms with E-state index in [4.69, 9.17) is 4.74 Å². The molecule has 2 aliphatic rings. The van der Waals surface area contributed by atoms with E-state index in [1.165, 1.54) is 18.2 Å². The summed E-state index contributed by atoms with van der Waals surface area (Å²) in [6, 6.07) is 17.8. The van der Waals surface area contributed by atoms with E-state index in [2.05, 4.69) is 15.6 Å². The van der Waals surface area contributed by atoms with E-state index >= 15 is 0 Å². The van der Waals surface area contributed by atoms with Crippen LogP contribution >= 0.6 is 11.8 Å². The highest BCUT2D eigenvalue weighted by Crippen LogP contribution is 2.40. The molecule has 2 atom stereocenters. The van der Waals surface area contributed by atoms with Crippen molar-refractivity contribution in [2.24, 2.45) is 0 Å². The van der Waals surface area contributed by atoms with Gasteiger partial charge in [0.15, 0.2) is 5.82 Å². The standard InChI is InChI=1S/C24H27N5O2S/c1-2-31-19-13-11-17(12-14-19)20-21(23(30)28-15-7-4-8-16-28)32-24-26-25-22(29(24)27-20)18-9-5-3-6-10-18/h3,5-6,9-14,20-21,27H,2,4,7-8,15-16H2,1H3/t20-,21-/m0/s1. The van der Waals surface area contributed by atoms with E-state index in [1.54, 1.807) is 0 Å². The second-order valence-electron chi connectivity index (χ2n) is 8.04. The minimum Gasteiger partial charge on any atom is -0.494 e. The summed E-state index contributed by atoms with van der Waals surface area (Å²) < 4.78 is 7.53. The molecule has 3 heterocycles. The lowest BCUT2D eigenvalue weighted by Crippen LogP contribution is -2.47. The molecule has 166 valence electrons. The van der Waals surface area contributed by atoms with Crippen molar-refractivity contribution in [1.82, 2.24) is 19.8 Å². The molecule has 0 radical (unpaired) electrons. The lowest BCUT2D eigenvalue weighted by atomic mass is 10.0. The van der Waals surface area contributed by atoms with Gasteiger partial charge >= 0.3 is 0 Å². The molecule has 1 amide bonds. The first-order valence-corrected chi connectivity index (χ1v) is 12.1. The van der Waals surface area contributed by atoms with Crippen LogP contribution in [0.5, 0.6) is 5.75 Å². The van der Waals surface area contributed by atoms with E-state index in [1.807, 2.05) is 71.1 Å². The molecule has 32 heavy (non-hydrogen) atoms. The number of amides is 1. The maximum Gasteiger partial charge on any atom is 0.238 e. The number of nitrogens with zero attached hydrogens (tertiary/aromatic N) is 4. The first-order chi connectivity index (χ1) is 15.7. The maximum atomic E-state index is 13.6.